The van der Waals surface area contributed by atoms with Gasteiger partial charge in [0.2, 0.25) is 0 Å². The summed E-state index contributed by atoms with van der Waals surface area (Å²) < 4.78 is 133. The minimum Gasteiger partial charge on any atom is -0.199 e. The molecule has 0 spiro atoms. The Kier molecular flexibility index (Phi) is 5.29. The predicted octanol–water partition coefficient (Wildman–Crippen LogP) is 6.15. The van der Waals surface area contributed by atoms with Crippen molar-refractivity contribution < 1.29 is 43.9 Å². The molecular weight excluding hydrogens is 346 g/mol. The van der Waals surface area contributed by atoms with E-state index in [1.165, 1.54) is 0 Å². The Balaban J connectivity index is 3.13. The molecule has 1 fully saturated rings. The highest BCUT2D eigenvalue weighted by molar-refractivity contribution is 5.18. The van der Waals surface area contributed by atoms with E-state index in [-0.39, 0.29) is 6.42 Å². The van der Waals surface area contributed by atoms with Gasteiger partial charge in [-0.1, -0.05) is 39.0 Å². The first-order valence-corrected chi connectivity index (χ1v) is 7.08. The van der Waals surface area contributed by atoms with Gasteiger partial charge in [-0.05, 0) is 6.42 Å². The molecule has 0 aromatic carbocycles. The molecule has 0 amide bonds. The third-order valence-electron chi connectivity index (χ3n) is 4.10. The van der Waals surface area contributed by atoms with Crippen LogP contribution in [0.15, 0.2) is 0 Å². The van der Waals surface area contributed by atoms with Crippen molar-refractivity contribution in [2.45, 2.75) is 75.1 Å². The summed E-state index contributed by atoms with van der Waals surface area (Å²) in [6, 6.07) is 0. The first kappa shape index (κ1) is 20.3. The lowest BCUT2D eigenvalue weighted by atomic mass is 9.72. The van der Waals surface area contributed by atoms with Crippen molar-refractivity contribution in [3.05, 3.63) is 0 Å². The lowest BCUT2D eigenvalue weighted by Crippen LogP contribution is -2.77. The molecule has 0 bridgehead atoms. The topological polar surface area (TPSA) is 0 Å². The number of rotatable bonds is 6. The van der Waals surface area contributed by atoms with E-state index in [0.717, 1.165) is 0 Å². The molecule has 0 atom stereocenters. The third kappa shape index (κ3) is 2.69. The van der Waals surface area contributed by atoms with Crippen LogP contribution in [0.2, 0.25) is 0 Å². The number of alkyl halides is 10. The van der Waals surface area contributed by atoms with E-state index in [1.807, 2.05) is 0 Å². The highest BCUT2D eigenvalue weighted by Crippen LogP contribution is 2.67. The van der Waals surface area contributed by atoms with Gasteiger partial charge in [0.1, 0.15) is 0 Å². The standard InChI is InChI=1S/C13H16F10/c1-2-3-4-5-6-7-8-9(14,15)11(18,19)13(22,23)12(20,21)10(8,16)17/h8H,2-7H2,1H3. The van der Waals surface area contributed by atoms with Gasteiger partial charge < -0.3 is 0 Å². The molecule has 1 saturated carbocycles. The van der Waals surface area contributed by atoms with Gasteiger partial charge in [-0.2, -0.15) is 43.9 Å². The van der Waals surface area contributed by atoms with Gasteiger partial charge in [0.15, 0.2) is 0 Å². The Bertz CT molecular complexity index is 385. The van der Waals surface area contributed by atoms with Crippen molar-refractivity contribution in [2.75, 3.05) is 0 Å². The molecule has 23 heavy (non-hydrogen) atoms. The second-order valence-electron chi connectivity index (χ2n) is 5.72. The Hall–Kier alpha value is -0.700. The second kappa shape index (κ2) is 5.98. The van der Waals surface area contributed by atoms with Crippen LogP contribution in [0.5, 0.6) is 0 Å². The monoisotopic (exact) mass is 362 g/mol. The van der Waals surface area contributed by atoms with Crippen molar-refractivity contribution in [1.82, 2.24) is 0 Å². The van der Waals surface area contributed by atoms with E-state index in [0.29, 0.717) is 19.3 Å². The first-order valence-electron chi connectivity index (χ1n) is 7.08. The summed E-state index contributed by atoms with van der Waals surface area (Å²) in [7, 11) is 0. The quantitative estimate of drug-likeness (QED) is 0.393. The minimum absolute atomic E-state index is 0.0734. The lowest BCUT2D eigenvalue weighted by molar-refractivity contribution is -0.464. The third-order valence-corrected chi connectivity index (χ3v) is 4.10. The van der Waals surface area contributed by atoms with Gasteiger partial charge in [0, 0.05) is 0 Å². The molecular formula is C13H16F10. The molecule has 0 nitrogen and oxygen atoms in total. The molecule has 1 rings (SSSR count). The summed E-state index contributed by atoms with van der Waals surface area (Å²) in [6.45, 7) is 1.78. The van der Waals surface area contributed by atoms with Crippen LogP contribution in [0, 0.1) is 5.92 Å². The number of halogens is 10. The van der Waals surface area contributed by atoms with Crippen LogP contribution in [0.1, 0.15) is 45.4 Å². The van der Waals surface area contributed by atoms with Gasteiger partial charge in [-0.15, -0.1) is 0 Å². The first-order chi connectivity index (χ1) is 10.2. The number of hydrogen-bond donors (Lipinski definition) is 0. The van der Waals surface area contributed by atoms with Crippen LogP contribution in [0.3, 0.4) is 0 Å². The predicted molar refractivity (Wildman–Crippen MR) is 61.6 cm³/mol. The van der Waals surface area contributed by atoms with E-state index in [1.54, 1.807) is 6.92 Å². The van der Waals surface area contributed by atoms with Gasteiger partial charge in [0.05, 0.1) is 5.92 Å². The zero-order valence-electron chi connectivity index (χ0n) is 12.1. The maximum absolute atomic E-state index is 13.5. The lowest BCUT2D eigenvalue weighted by Gasteiger charge is -2.49. The number of hydrogen-bond acceptors (Lipinski definition) is 0. The van der Waals surface area contributed by atoms with Crippen molar-refractivity contribution in [3.8, 4) is 0 Å². The van der Waals surface area contributed by atoms with Gasteiger partial charge in [-0.25, -0.2) is 0 Å². The van der Waals surface area contributed by atoms with Crippen molar-refractivity contribution in [2.24, 2.45) is 5.92 Å². The molecule has 0 aromatic heterocycles. The average molecular weight is 362 g/mol. The molecule has 1 aliphatic carbocycles. The van der Waals surface area contributed by atoms with Crippen LogP contribution in [0.4, 0.5) is 43.9 Å². The molecule has 0 unspecified atom stereocenters. The second-order valence-corrected chi connectivity index (χ2v) is 5.72. The molecule has 138 valence electrons. The van der Waals surface area contributed by atoms with Crippen LogP contribution < -0.4 is 0 Å². The summed E-state index contributed by atoms with van der Waals surface area (Å²) in [5.41, 5.74) is 0. The molecule has 0 N–H and O–H groups in total. The molecule has 0 saturated heterocycles. The van der Waals surface area contributed by atoms with E-state index in [2.05, 4.69) is 0 Å². The Labute approximate surface area is 126 Å². The summed E-state index contributed by atoms with van der Waals surface area (Å²) in [4.78, 5) is 0. The molecule has 0 aliphatic heterocycles. The minimum atomic E-state index is -6.86. The van der Waals surface area contributed by atoms with Crippen molar-refractivity contribution >= 4 is 0 Å². The molecule has 0 heterocycles. The van der Waals surface area contributed by atoms with Gasteiger partial charge >= 0.3 is 29.6 Å². The van der Waals surface area contributed by atoms with E-state index in [4.69, 9.17) is 0 Å². The molecule has 1 aliphatic rings. The molecule has 0 aromatic rings. The summed E-state index contributed by atoms with van der Waals surface area (Å²) in [5.74, 6) is -35.8. The van der Waals surface area contributed by atoms with Crippen LogP contribution in [-0.2, 0) is 0 Å². The summed E-state index contributed by atoms with van der Waals surface area (Å²) in [6.07, 6.45) is -0.0636. The zero-order chi connectivity index (χ0) is 18.3. The van der Waals surface area contributed by atoms with E-state index >= 15 is 0 Å². The maximum atomic E-state index is 13.5. The number of unbranched alkanes of at least 4 members (excludes halogenated alkanes) is 4. The van der Waals surface area contributed by atoms with Gasteiger partial charge in [-0.3, -0.25) is 0 Å². The SMILES string of the molecule is CCCCCCCC1C(F)(F)C(F)(F)C(F)(F)C(F)(F)C1(F)F. The fraction of sp³-hybridized carbons (Fsp3) is 1.00. The summed E-state index contributed by atoms with van der Waals surface area (Å²) >= 11 is 0. The Morgan fingerprint density at radius 1 is 0.565 bits per heavy atom. The fourth-order valence-corrected chi connectivity index (χ4v) is 2.60. The smallest absolute Gasteiger partial charge is 0.199 e. The largest absolute Gasteiger partial charge is 0.384 e. The van der Waals surface area contributed by atoms with Crippen molar-refractivity contribution in [3.63, 3.8) is 0 Å². The molecule has 0 radical (unpaired) electrons. The van der Waals surface area contributed by atoms with Crippen LogP contribution >= 0.6 is 0 Å². The highest BCUT2D eigenvalue weighted by atomic mass is 19.4. The fourth-order valence-electron chi connectivity index (χ4n) is 2.60. The zero-order valence-corrected chi connectivity index (χ0v) is 12.1. The average Bonchev–Trinajstić information content (AvgIpc) is 2.40. The van der Waals surface area contributed by atoms with Crippen LogP contribution in [-0.4, -0.2) is 29.6 Å². The van der Waals surface area contributed by atoms with E-state index in [9.17, 15) is 43.9 Å². The normalized spacial score (nSPS) is 27.8. The van der Waals surface area contributed by atoms with Crippen molar-refractivity contribution in [1.29, 1.82) is 0 Å². The Morgan fingerprint density at radius 3 is 1.35 bits per heavy atom. The maximum Gasteiger partial charge on any atom is 0.384 e. The Morgan fingerprint density at radius 2 is 0.957 bits per heavy atom. The van der Waals surface area contributed by atoms with E-state index < -0.39 is 48.4 Å². The highest BCUT2D eigenvalue weighted by Gasteiger charge is 2.94. The summed E-state index contributed by atoms with van der Waals surface area (Å²) in [5, 5.41) is 0. The van der Waals surface area contributed by atoms with Gasteiger partial charge in [0.25, 0.3) is 0 Å². The molecule has 10 heteroatoms. The van der Waals surface area contributed by atoms with Crippen LogP contribution in [0.25, 0.3) is 0 Å².